The van der Waals surface area contributed by atoms with Gasteiger partial charge in [0.05, 0.1) is 0 Å². The summed E-state index contributed by atoms with van der Waals surface area (Å²) in [4.78, 5) is 2.64. The summed E-state index contributed by atoms with van der Waals surface area (Å²) in [5.41, 5.74) is 5.85. The van der Waals surface area contributed by atoms with E-state index in [1.54, 1.807) is 5.56 Å². The quantitative estimate of drug-likeness (QED) is 0.885. The van der Waals surface area contributed by atoms with E-state index in [-0.39, 0.29) is 0 Å². The zero-order chi connectivity index (χ0) is 14.5. The predicted octanol–water partition coefficient (Wildman–Crippen LogP) is 3.43. The van der Waals surface area contributed by atoms with Crippen molar-refractivity contribution in [1.82, 2.24) is 10.2 Å². The molecule has 0 saturated carbocycles. The van der Waals surface area contributed by atoms with Gasteiger partial charge in [0.1, 0.15) is 0 Å². The molecule has 2 nitrogen and oxygen atoms in total. The highest BCUT2D eigenvalue weighted by Gasteiger charge is 2.19. The molecule has 0 radical (unpaired) electrons. The Balaban J connectivity index is 1.90. The van der Waals surface area contributed by atoms with E-state index in [4.69, 9.17) is 0 Å². The highest BCUT2D eigenvalue weighted by Crippen LogP contribution is 2.24. The molecule has 1 saturated heterocycles. The number of likely N-dealkylation sites (tertiary alicyclic amines) is 1. The molecule has 0 aliphatic carbocycles. The molecule has 0 atom stereocenters. The van der Waals surface area contributed by atoms with Crippen LogP contribution in [-0.2, 0) is 6.54 Å². The molecule has 0 aromatic heterocycles. The summed E-state index contributed by atoms with van der Waals surface area (Å²) in [6.07, 6.45) is 4.07. The highest BCUT2D eigenvalue weighted by atomic mass is 15.1. The van der Waals surface area contributed by atoms with Crippen LogP contribution in [0, 0.1) is 26.7 Å². The SMILES string of the molecule is CNCCC1CCN(Cc2c(C)cc(C)cc2C)CC1. The molecule has 112 valence electrons. The second-order valence-electron chi connectivity index (χ2n) is 6.49. The smallest absolute Gasteiger partial charge is 0.0238 e. The third-order valence-electron chi connectivity index (χ3n) is 4.73. The van der Waals surface area contributed by atoms with Crippen LogP contribution >= 0.6 is 0 Å². The summed E-state index contributed by atoms with van der Waals surface area (Å²) in [5, 5.41) is 3.27. The molecule has 1 heterocycles. The molecule has 2 heteroatoms. The number of hydrogen-bond acceptors (Lipinski definition) is 2. The number of hydrogen-bond donors (Lipinski definition) is 1. The van der Waals surface area contributed by atoms with Gasteiger partial charge in [-0.25, -0.2) is 0 Å². The van der Waals surface area contributed by atoms with Crippen molar-refractivity contribution in [3.8, 4) is 0 Å². The van der Waals surface area contributed by atoms with Gasteiger partial charge in [0.25, 0.3) is 0 Å². The fourth-order valence-corrected chi connectivity index (χ4v) is 3.46. The standard InChI is InChI=1S/C18H30N2/c1-14-11-15(2)18(16(3)12-14)13-20-9-6-17(7-10-20)5-8-19-4/h11-12,17,19H,5-10,13H2,1-4H3. The predicted molar refractivity (Wildman–Crippen MR) is 87.2 cm³/mol. The van der Waals surface area contributed by atoms with Gasteiger partial charge in [0, 0.05) is 6.54 Å². The summed E-state index contributed by atoms with van der Waals surface area (Å²) in [6, 6.07) is 4.64. The Labute approximate surface area is 124 Å². The molecule has 1 fully saturated rings. The molecule has 0 spiro atoms. The minimum Gasteiger partial charge on any atom is -0.320 e. The molecule has 0 amide bonds. The van der Waals surface area contributed by atoms with E-state index in [1.807, 2.05) is 0 Å². The molecular weight excluding hydrogens is 244 g/mol. The molecule has 0 unspecified atom stereocenters. The lowest BCUT2D eigenvalue weighted by Gasteiger charge is -2.32. The first-order chi connectivity index (χ1) is 9.60. The van der Waals surface area contributed by atoms with E-state index >= 15 is 0 Å². The van der Waals surface area contributed by atoms with Crippen molar-refractivity contribution in [2.24, 2.45) is 5.92 Å². The summed E-state index contributed by atoms with van der Waals surface area (Å²) >= 11 is 0. The lowest BCUT2D eigenvalue weighted by molar-refractivity contribution is 0.172. The van der Waals surface area contributed by atoms with Crippen molar-refractivity contribution in [3.63, 3.8) is 0 Å². The van der Waals surface area contributed by atoms with E-state index in [0.29, 0.717) is 0 Å². The number of piperidine rings is 1. The Kier molecular flexibility index (Phi) is 5.62. The largest absolute Gasteiger partial charge is 0.320 e. The van der Waals surface area contributed by atoms with Crippen LogP contribution in [0.5, 0.6) is 0 Å². The normalized spacial score (nSPS) is 17.6. The second kappa shape index (κ2) is 7.24. The van der Waals surface area contributed by atoms with Crippen molar-refractivity contribution in [2.45, 2.75) is 46.6 Å². The molecule has 0 bridgehead atoms. The van der Waals surface area contributed by atoms with Crippen molar-refractivity contribution < 1.29 is 0 Å². The maximum absolute atomic E-state index is 3.27. The van der Waals surface area contributed by atoms with E-state index in [9.17, 15) is 0 Å². The number of benzene rings is 1. The highest BCUT2D eigenvalue weighted by molar-refractivity contribution is 5.37. The monoisotopic (exact) mass is 274 g/mol. The minimum absolute atomic E-state index is 0.930. The third kappa shape index (κ3) is 4.07. The summed E-state index contributed by atoms with van der Waals surface area (Å²) in [6.45, 7) is 11.5. The van der Waals surface area contributed by atoms with Gasteiger partial charge in [-0.1, -0.05) is 17.7 Å². The van der Waals surface area contributed by atoms with Gasteiger partial charge in [-0.15, -0.1) is 0 Å². The zero-order valence-electron chi connectivity index (χ0n) is 13.6. The maximum Gasteiger partial charge on any atom is 0.0238 e. The molecule has 1 aliphatic heterocycles. The summed E-state index contributed by atoms with van der Waals surface area (Å²) < 4.78 is 0. The van der Waals surface area contributed by atoms with Crippen LogP contribution in [0.25, 0.3) is 0 Å². The first-order valence-corrected chi connectivity index (χ1v) is 8.04. The molecule has 1 aromatic carbocycles. The van der Waals surface area contributed by atoms with E-state index < -0.39 is 0 Å². The maximum atomic E-state index is 3.27. The zero-order valence-corrected chi connectivity index (χ0v) is 13.6. The minimum atomic E-state index is 0.930. The Bertz CT molecular complexity index is 408. The fourth-order valence-electron chi connectivity index (χ4n) is 3.46. The fraction of sp³-hybridized carbons (Fsp3) is 0.667. The third-order valence-corrected chi connectivity index (χ3v) is 4.73. The number of rotatable bonds is 5. The average molecular weight is 274 g/mol. The molecule has 1 aromatic rings. The molecular formula is C18H30N2. The van der Waals surface area contributed by atoms with Gasteiger partial charge in [-0.05, 0) is 89.3 Å². The summed E-state index contributed by atoms with van der Waals surface area (Å²) in [5.74, 6) is 0.930. The Morgan fingerprint density at radius 2 is 1.70 bits per heavy atom. The van der Waals surface area contributed by atoms with Crippen LogP contribution in [0.3, 0.4) is 0 Å². The van der Waals surface area contributed by atoms with Crippen LogP contribution in [0.1, 0.15) is 41.5 Å². The van der Waals surface area contributed by atoms with Crippen molar-refractivity contribution in [3.05, 3.63) is 34.4 Å². The van der Waals surface area contributed by atoms with Gasteiger partial charge in [-0.3, -0.25) is 4.90 Å². The van der Waals surface area contributed by atoms with E-state index in [0.717, 1.165) is 12.5 Å². The molecule has 1 aliphatic rings. The van der Waals surface area contributed by atoms with Crippen LogP contribution in [-0.4, -0.2) is 31.6 Å². The summed E-state index contributed by atoms with van der Waals surface area (Å²) in [7, 11) is 2.05. The van der Waals surface area contributed by atoms with Gasteiger partial charge >= 0.3 is 0 Å². The van der Waals surface area contributed by atoms with E-state index in [2.05, 4.69) is 50.2 Å². The van der Waals surface area contributed by atoms with Crippen molar-refractivity contribution in [2.75, 3.05) is 26.7 Å². The molecule has 20 heavy (non-hydrogen) atoms. The van der Waals surface area contributed by atoms with Crippen LogP contribution in [0.4, 0.5) is 0 Å². The van der Waals surface area contributed by atoms with Crippen molar-refractivity contribution >= 4 is 0 Å². The average Bonchev–Trinajstić information content (AvgIpc) is 2.42. The lowest BCUT2D eigenvalue weighted by Crippen LogP contribution is -2.34. The number of nitrogens with zero attached hydrogens (tertiary/aromatic N) is 1. The Morgan fingerprint density at radius 1 is 1.10 bits per heavy atom. The number of aryl methyl sites for hydroxylation is 3. The molecule has 2 rings (SSSR count). The van der Waals surface area contributed by atoms with Crippen LogP contribution < -0.4 is 5.32 Å². The second-order valence-corrected chi connectivity index (χ2v) is 6.49. The number of nitrogens with one attached hydrogen (secondary N) is 1. The van der Waals surface area contributed by atoms with E-state index in [1.165, 1.54) is 55.6 Å². The Hall–Kier alpha value is -0.860. The topological polar surface area (TPSA) is 15.3 Å². The first kappa shape index (κ1) is 15.5. The van der Waals surface area contributed by atoms with Gasteiger partial charge in [0.2, 0.25) is 0 Å². The Morgan fingerprint density at radius 3 is 2.25 bits per heavy atom. The first-order valence-electron chi connectivity index (χ1n) is 8.04. The lowest BCUT2D eigenvalue weighted by atomic mass is 9.92. The van der Waals surface area contributed by atoms with Gasteiger partial charge in [-0.2, -0.15) is 0 Å². The van der Waals surface area contributed by atoms with Crippen molar-refractivity contribution in [1.29, 1.82) is 0 Å². The van der Waals surface area contributed by atoms with Crippen LogP contribution in [0.2, 0.25) is 0 Å². The molecule has 1 N–H and O–H groups in total. The van der Waals surface area contributed by atoms with Gasteiger partial charge in [0.15, 0.2) is 0 Å². The van der Waals surface area contributed by atoms with Gasteiger partial charge < -0.3 is 5.32 Å². The van der Waals surface area contributed by atoms with Crippen LogP contribution in [0.15, 0.2) is 12.1 Å².